The lowest BCUT2D eigenvalue weighted by molar-refractivity contribution is 0.0711. The van der Waals surface area contributed by atoms with Gasteiger partial charge in [-0.1, -0.05) is 24.2 Å². The molecular formula is C14H18N4OS. The predicted molar refractivity (Wildman–Crippen MR) is 80.9 cm³/mol. The third kappa shape index (κ3) is 3.46. The Morgan fingerprint density at radius 1 is 1.45 bits per heavy atom. The van der Waals surface area contributed by atoms with Gasteiger partial charge in [-0.25, -0.2) is 0 Å². The summed E-state index contributed by atoms with van der Waals surface area (Å²) in [6.45, 7) is 3.40. The Balaban J connectivity index is 2.07. The summed E-state index contributed by atoms with van der Waals surface area (Å²) in [4.78, 5) is 18.3. The largest absolute Gasteiger partial charge is 0.339 e. The number of amides is 1. The molecule has 0 N–H and O–H groups in total. The van der Waals surface area contributed by atoms with E-state index < -0.39 is 0 Å². The average Bonchev–Trinajstić information content (AvgIpc) is 2.49. The van der Waals surface area contributed by atoms with E-state index in [1.807, 2.05) is 29.2 Å². The molecule has 5 nitrogen and oxygen atoms in total. The van der Waals surface area contributed by atoms with Crippen LogP contribution in [0, 0.1) is 0 Å². The minimum absolute atomic E-state index is 0.0318. The van der Waals surface area contributed by atoms with Gasteiger partial charge in [-0.3, -0.25) is 4.79 Å². The average molecular weight is 290 g/mol. The van der Waals surface area contributed by atoms with Crippen LogP contribution in [0.15, 0.2) is 34.3 Å². The van der Waals surface area contributed by atoms with E-state index in [1.54, 1.807) is 11.8 Å². The number of likely N-dealkylation sites (tertiary alicyclic amines) is 1. The Bertz CT molecular complexity index is 520. The zero-order valence-electron chi connectivity index (χ0n) is 11.5. The summed E-state index contributed by atoms with van der Waals surface area (Å²) in [6.07, 6.45) is 1.50. The lowest BCUT2D eigenvalue weighted by atomic mass is 10.0. The first-order chi connectivity index (χ1) is 9.76. The highest BCUT2D eigenvalue weighted by Crippen LogP contribution is 2.25. The SMILES string of the molecule is CCSc1ccccc1C(=O)N1CCC(N=[N+]=[N-])CC1. The molecule has 1 aliphatic heterocycles. The van der Waals surface area contributed by atoms with Gasteiger partial charge in [0.1, 0.15) is 0 Å². The number of hydrogen-bond acceptors (Lipinski definition) is 3. The van der Waals surface area contributed by atoms with E-state index in [9.17, 15) is 4.79 Å². The standard InChI is InChI=1S/C14H18N4OS/c1-2-20-13-6-4-3-5-12(13)14(19)18-9-7-11(8-10-18)16-17-15/h3-6,11H,2,7-10H2,1H3. The van der Waals surface area contributed by atoms with Crippen molar-refractivity contribution in [1.82, 2.24) is 4.90 Å². The topological polar surface area (TPSA) is 69.1 Å². The lowest BCUT2D eigenvalue weighted by Crippen LogP contribution is -2.39. The Kier molecular flexibility index (Phi) is 5.32. The molecule has 0 spiro atoms. The van der Waals surface area contributed by atoms with E-state index in [1.165, 1.54) is 0 Å². The highest BCUT2D eigenvalue weighted by molar-refractivity contribution is 7.99. The second kappa shape index (κ2) is 7.22. The van der Waals surface area contributed by atoms with Crippen molar-refractivity contribution >= 4 is 17.7 Å². The van der Waals surface area contributed by atoms with Gasteiger partial charge in [-0.15, -0.1) is 11.8 Å². The van der Waals surface area contributed by atoms with E-state index in [2.05, 4.69) is 16.9 Å². The zero-order chi connectivity index (χ0) is 14.4. The Hall–Kier alpha value is -1.65. The van der Waals surface area contributed by atoms with Crippen LogP contribution in [0.4, 0.5) is 0 Å². The van der Waals surface area contributed by atoms with Gasteiger partial charge in [0, 0.05) is 28.9 Å². The molecule has 0 aromatic heterocycles. The van der Waals surface area contributed by atoms with Crippen LogP contribution in [0.25, 0.3) is 10.4 Å². The molecule has 0 unspecified atom stereocenters. The number of azide groups is 1. The Morgan fingerprint density at radius 3 is 2.80 bits per heavy atom. The fraction of sp³-hybridized carbons (Fsp3) is 0.500. The number of piperidine rings is 1. The van der Waals surface area contributed by atoms with Crippen LogP contribution in [0.5, 0.6) is 0 Å². The van der Waals surface area contributed by atoms with Gasteiger partial charge < -0.3 is 4.90 Å². The molecule has 1 amide bonds. The van der Waals surface area contributed by atoms with E-state index in [0.29, 0.717) is 13.1 Å². The molecule has 20 heavy (non-hydrogen) atoms. The summed E-state index contributed by atoms with van der Waals surface area (Å²) < 4.78 is 0. The van der Waals surface area contributed by atoms with Gasteiger partial charge >= 0.3 is 0 Å². The van der Waals surface area contributed by atoms with Crippen molar-refractivity contribution in [2.75, 3.05) is 18.8 Å². The first-order valence-corrected chi connectivity index (χ1v) is 7.80. The number of thioether (sulfide) groups is 1. The van der Waals surface area contributed by atoms with Crippen LogP contribution in [0.1, 0.15) is 30.1 Å². The quantitative estimate of drug-likeness (QED) is 0.367. The van der Waals surface area contributed by atoms with Crippen LogP contribution in [-0.2, 0) is 0 Å². The van der Waals surface area contributed by atoms with E-state index in [4.69, 9.17) is 5.53 Å². The molecule has 0 radical (unpaired) electrons. The molecule has 0 aliphatic carbocycles. The number of hydrogen-bond donors (Lipinski definition) is 0. The van der Waals surface area contributed by atoms with Gasteiger partial charge in [0.2, 0.25) is 0 Å². The maximum Gasteiger partial charge on any atom is 0.254 e. The maximum atomic E-state index is 12.6. The number of carbonyl (C=O) groups excluding carboxylic acids is 1. The van der Waals surface area contributed by atoms with Crippen molar-refractivity contribution in [1.29, 1.82) is 0 Å². The van der Waals surface area contributed by atoms with E-state index in [-0.39, 0.29) is 11.9 Å². The molecule has 1 heterocycles. The molecule has 1 aliphatic rings. The molecule has 1 aromatic carbocycles. The molecule has 6 heteroatoms. The number of rotatable bonds is 4. The molecule has 1 aromatic rings. The van der Waals surface area contributed by atoms with Crippen molar-refractivity contribution in [3.63, 3.8) is 0 Å². The summed E-state index contributed by atoms with van der Waals surface area (Å²) in [5.74, 6) is 1.03. The summed E-state index contributed by atoms with van der Waals surface area (Å²) in [5.41, 5.74) is 9.22. The maximum absolute atomic E-state index is 12.6. The predicted octanol–water partition coefficient (Wildman–Crippen LogP) is 3.71. The summed E-state index contributed by atoms with van der Waals surface area (Å²) in [7, 11) is 0. The first kappa shape index (κ1) is 14.8. The molecule has 106 valence electrons. The molecule has 2 rings (SSSR count). The number of nitrogens with zero attached hydrogens (tertiary/aromatic N) is 4. The van der Waals surface area contributed by atoms with Crippen molar-refractivity contribution in [3.05, 3.63) is 40.3 Å². The van der Waals surface area contributed by atoms with Gasteiger partial charge in [0.05, 0.1) is 5.56 Å². The monoisotopic (exact) mass is 290 g/mol. The summed E-state index contributed by atoms with van der Waals surface area (Å²) in [6, 6.07) is 7.78. The fourth-order valence-electron chi connectivity index (χ4n) is 2.35. The van der Waals surface area contributed by atoms with Gasteiger partial charge in [0.25, 0.3) is 5.91 Å². The minimum Gasteiger partial charge on any atom is -0.339 e. The van der Waals surface area contributed by atoms with Crippen molar-refractivity contribution in [2.45, 2.75) is 30.7 Å². The summed E-state index contributed by atoms with van der Waals surface area (Å²) >= 11 is 1.69. The smallest absolute Gasteiger partial charge is 0.254 e. The summed E-state index contributed by atoms with van der Waals surface area (Å²) in [5, 5.41) is 3.74. The third-order valence-electron chi connectivity index (χ3n) is 3.38. The second-order valence-corrected chi connectivity index (χ2v) is 5.96. The fourth-order valence-corrected chi connectivity index (χ4v) is 3.15. The van der Waals surface area contributed by atoms with E-state index in [0.717, 1.165) is 29.1 Å². The van der Waals surface area contributed by atoms with Crippen LogP contribution in [0.3, 0.4) is 0 Å². The first-order valence-electron chi connectivity index (χ1n) is 6.81. The molecule has 1 fully saturated rings. The normalized spacial score (nSPS) is 15.8. The van der Waals surface area contributed by atoms with Crippen LogP contribution >= 0.6 is 11.8 Å². The highest BCUT2D eigenvalue weighted by atomic mass is 32.2. The second-order valence-electron chi connectivity index (χ2n) is 4.66. The van der Waals surface area contributed by atoms with Crippen LogP contribution < -0.4 is 0 Å². The Labute approximate surface area is 123 Å². The van der Waals surface area contributed by atoms with Crippen molar-refractivity contribution in [3.8, 4) is 0 Å². The lowest BCUT2D eigenvalue weighted by Gasteiger charge is -2.30. The molecule has 0 bridgehead atoms. The van der Waals surface area contributed by atoms with E-state index >= 15 is 0 Å². The van der Waals surface area contributed by atoms with Crippen LogP contribution in [0.2, 0.25) is 0 Å². The third-order valence-corrected chi connectivity index (χ3v) is 4.34. The number of carbonyl (C=O) groups is 1. The van der Waals surface area contributed by atoms with Gasteiger partial charge in [0.15, 0.2) is 0 Å². The van der Waals surface area contributed by atoms with Gasteiger partial charge in [-0.2, -0.15) is 0 Å². The molecular weight excluding hydrogens is 272 g/mol. The van der Waals surface area contributed by atoms with Crippen molar-refractivity contribution in [2.24, 2.45) is 5.11 Å². The Morgan fingerprint density at radius 2 is 2.15 bits per heavy atom. The minimum atomic E-state index is 0.0318. The van der Waals surface area contributed by atoms with Crippen LogP contribution in [-0.4, -0.2) is 35.7 Å². The van der Waals surface area contributed by atoms with Gasteiger partial charge in [-0.05, 0) is 36.3 Å². The molecule has 0 saturated carbocycles. The molecule has 0 atom stereocenters. The number of benzene rings is 1. The molecule has 1 saturated heterocycles. The van der Waals surface area contributed by atoms with Crippen molar-refractivity contribution < 1.29 is 4.79 Å². The zero-order valence-corrected chi connectivity index (χ0v) is 12.3. The highest BCUT2D eigenvalue weighted by Gasteiger charge is 2.24.